The van der Waals surface area contributed by atoms with Crippen molar-refractivity contribution in [3.05, 3.63) is 65.8 Å². The van der Waals surface area contributed by atoms with Gasteiger partial charge in [-0.25, -0.2) is 12.1 Å². The molecule has 1 N–H and O–H groups in total. The molecule has 0 aromatic heterocycles. The third-order valence-corrected chi connectivity index (χ3v) is 0.556. The Balaban J connectivity index is -0.0000000217. The first-order valence-electron chi connectivity index (χ1n) is 4.95. The van der Waals surface area contributed by atoms with Crippen LogP contribution in [0.3, 0.4) is 0 Å². The molecule has 0 fully saturated rings. The molecule has 127 valence electrons. The fourth-order valence-electron chi connectivity index (χ4n) is 0.321. The maximum Gasteiger partial charge on any atom is -0.172 e. The van der Waals surface area contributed by atoms with Crippen LogP contribution in [-0.4, -0.2) is 15.1 Å². The van der Waals surface area contributed by atoms with Gasteiger partial charge in [-0.2, -0.15) is 18.2 Å². The molecule has 0 heterocycles. The van der Waals surface area contributed by atoms with Gasteiger partial charge in [-0.05, 0) is 0 Å². The number of halogens is 2. The molecule has 0 aliphatic carbocycles. The normalized spacial score (nSPS) is 6.60. The molecule has 0 spiro atoms. The van der Waals surface area contributed by atoms with Crippen LogP contribution in [0.1, 0.15) is 20.8 Å². The first-order chi connectivity index (χ1) is 7.33. The van der Waals surface area contributed by atoms with Gasteiger partial charge in [0, 0.05) is 9.52 Å². The molecule has 5 heteroatoms. The smallest absolute Gasteiger partial charge is 0.172 e. The quantitative estimate of drug-likeness (QED) is 0.322. The van der Waals surface area contributed by atoms with Crippen LogP contribution in [0.5, 0.6) is 0 Å². The van der Waals surface area contributed by atoms with Crippen molar-refractivity contribution in [2.45, 2.75) is 39.4 Å². The zero-order valence-corrected chi connectivity index (χ0v) is 19.8. The molecular formula is C15H34Cl2NSiZr-6. The number of rotatable bonds is 0. The minimum Gasteiger partial charge on any atom is -0.214 e. The molecule has 0 amide bonds. The summed E-state index contributed by atoms with van der Waals surface area (Å²) in [5.74, 6) is 0. The Morgan fingerprint density at radius 2 is 1.10 bits per heavy atom. The molecule has 20 heavy (non-hydrogen) atoms. The predicted octanol–water partition coefficient (Wildman–Crippen LogP) is 6.94. The van der Waals surface area contributed by atoms with E-state index in [0.29, 0.717) is 0 Å². The Morgan fingerprint density at radius 3 is 1.15 bits per heavy atom. The van der Waals surface area contributed by atoms with Crippen LogP contribution in [0.4, 0.5) is 0 Å². The molecule has 1 aromatic carbocycles. The second-order valence-electron chi connectivity index (χ2n) is 3.86. The van der Waals surface area contributed by atoms with E-state index in [2.05, 4.69) is 13.1 Å². The van der Waals surface area contributed by atoms with E-state index in [4.69, 9.17) is 22.8 Å². The fraction of sp³-hybridized carbons (Fsp3) is 0.400. The van der Waals surface area contributed by atoms with Crippen molar-refractivity contribution in [3.63, 3.8) is 0 Å². The van der Waals surface area contributed by atoms with Crippen LogP contribution >= 0.6 is 17.0 Å². The SMILES string of the molecule is CC(C)(C)[NH-].C[SiH]C.[CH3-].[CH3-].[CH3-].[CH3-].[Cl][Zr][Cl].c1cc[cH-]c1. The largest absolute Gasteiger partial charge is 0.214 e. The summed E-state index contributed by atoms with van der Waals surface area (Å²) in [5, 5.41) is 0. The molecule has 1 aromatic rings. The van der Waals surface area contributed by atoms with Gasteiger partial charge in [-0.1, -0.05) is 33.9 Å². The first kappa shape index (κ1) is 42.9. The molecule has 1 rings (SSSR count). The van der Waals surface area contributed by atoms with Crippen molar-refractivity contribution in [3.8, 4) is 0 Å². The Labute approximate surface area is 151 Å². The molecule has 0 unspecified atom stereocenters. The van der Waals surface area contributed by atoms with Gasteiger partial charge in [0.25, 0.3) is 0 Å². The summed E-state index contributed by atoms with van der Waals surface area (Å²) in [5.41, 5.74) is 6.69. The van der Waals surface area contributed by atoms with Gasteiger partial charge < -0.3 is 35.4 Å². The summed E-state index contributed by atoms with van der Waals surface area (Å²) in [6.45, 7) is 9.98. The minimum atomic E-state index is -0.826. The second-order valence-corrected chi connectivity index (χ2v) is 8.75. The van der Waals surface area contributed by atoms with E-state index in [1.165, 1.54) is 0 Å². The maximum atomic E-state index is 6.94. The van der Waals surface area contributed by atoms with E-state index in [1.54, 1.807) is 0 Å². The average Bonchev–Trinajstić information content (AvgIpc) is 2.58. The van der Waals surface area contributed by atoms with Gasteiger partial charge in [0.2, 0.25) is 0 Å². The van der Waals surface area contributed by atoms with Crippen LogP contribution in [0.2, 0.25) is 13.1 Å². The average molecular weight is 419 g/mol. The van der Waals surface area contributed by atoms with E-state index in [9.17, 15) is 0 Å². The van der Waals surface area contributed by atoms with Crippen LogP contribution in [-0.2, 0) is 20.8 Å². The summed E-state index contributed by atoms with van der Waals surface area (Å²) in [4.78, 5) is 0. The molecule has 0 aliphatic heterocycles. The van der Waals surface area contributed by atoms with Gasteiger partial charge in [0.1, 0.15) is 0 Å². The molecule has 0 saturated heterocycles. The van der Waals surface area contributed by atoms with Crippen molar-refractivity contribution in [1.82, 2.24) is 0 Å². The van der Waals surface area contributed by atoms with Crippen molar-refractivity contribution >= 4 is 26.5 Å². The van der Waals surface area contributed by atoms with E-state index in [0.717, 1.165) is 9.52 Å². The zero-order chi connectivity index (χ0) is 13.4. The van der Waals surface area contributed by atoms with Gasteiger partial charge in [-0.15, -0.1) is 5.54 Å². The maximum absolute atomic E-state index is 6.94. The third kappa shape index (κ3) is 171. The van der Waals surface area contributed by atoms with E-state index in [1.807, 2.05) is 51.1 Å². The van der Waals surface area contributed by atoms with E-state index >= 15 is 0 Å². The van der Waals surface area contributed by atoms with Crippen molar-refractivity contribution in [2.24, 2.45) is 0 Å². The van der Waals surface area contributed by atoms with Crippen molar-refractivity contribution < 1.29 is 20.8 Å². The number of hydrogen-bond donors (Lipinski definition) is 0. The topological polar surface area (TPSA) is 23.8 Å². The Morgan fingerprint density at radius 1 is 0.950 bits per heavy atom. The fourth-order valence-corrected chi connectivity index (χ4v) is 0.321. The van der Waals surface area contributed by atoms with Gasteiger partial charge in [0.05, 0.1) is 0 Å². The first-order valence-corrected chi connectivity index (χ1v) is 13.6. The zero-order valence-electron chi connectivity index (χ0n) is 14.7. The van der Waals surface area contributed by atoms with Crippen LogP contribution in [0, 0.1) is 29.7 Å². The molecule has 1 radical (unpaired) electrons. The minimum absolute atomic E-state index is 0. The van der Waals surface area contributed by atoms with Crippen LogP contribution in [0.25, 0.3) is 5.73 Å². The van der Waals surface area contributed by atoms with Crippen molar-refractivity contribution in [2.75, 3.05) is 0 Å². The molecule has 0 aliphatic rings. The predicted molar refractivity (Wildman–Crippen MR) is 102 cm³/mol. The van der Waals surface area contributed by atoms with Gasteiger partial charge in [0.15, 0.2) is 0 Å². The Bertz CT molecular complexity index is 153. The monoisotopic (exact) mass is 416 g/mol. The van der Waals surface area contributed by atoms with Gasteiger partial charge >= 0.3 is 37.9 Å². The summed E-state index contributed by atoms with van der Waals surface area (Å²) < 4.78 is 0. The molecule has 0 saturated carbocycles. The molecule has 0 bridgehead atoms. The Hall–Kier alpha value is 0.990. The second kappa shape index (κ2) is 36.8. The van der Waals surface area contributed by atoms with Crippen LogP contribution < -0.4 is 0 Å². The third-order valence-electron chi connectivity index (χ3n) is 0.556. The number of nitrogens with one attached hydrogen (secondary N) is 1. The van der Waals surface area contributed by atoms with Crippen LogP contribution in [0.15, 0.2) is 30.3 Å². The van der Waals surface area contributed by atoms with Gasteiger partial charge in [-0.3, -0.25) is 0 Å². The summed E-state index contributed by atoms with van der Waals surface area (Å²) in [7, 11) is 10.6. The summed E-state index contributed by atoms with van der Waals surface area (Å²) >= 11 is -0.826. The standard InChI is InChI=1S/C5H5.C4H10N.C2H7Si.4CH3.2ClH.Zr/c1-2-4-5-3-1;1-4(2,3)5;1-3-2;;;;;;;/h1-5H;5H,1-3H3;3H,1-2H3;4*1H3;2*1H;/q2*-1;;4*-1;;;+2/p-2. The van der Waals surface area contributed by atoms with E-state index < -0.39 is 20.8 Å². The molecule has 1 nitrogen and oxygen atoms in total. The summed E-state index contributed by atoms with van der Waals surface area (Å²) in [6, 6.07) is 10.0. The summed E-state index contributed by atoms with van der Waals surface area (Å²) in [6.07, 6.45) is 0. The van der Waals surface area contributed by atoms with E-state index in [-0.39, 0.29) is 35.2 Å². The molecular weight excluding hydrogens is 384 g/mol. The van der Waals surface area contributed by atoms with Crippen molar-refractivity contribution in [1.29, 1.82) is 0 Å². The Kier molecular flexibility index (Phi) is 78.9. The number of hydrogen-bond acceptors (Lipinski definition) is 0. The molecule has 0 atom stereocenters.